The standard InChI is InChI=1S/C4H4N2O2S/c5-2-1-9-3(6-2)4(7)8/h1H,5H2,(H,7,8). The minimum atomic E-state index is -1.03. The van der Waals surface area contributed by atoms with Gasteiger partial charge in [-0.15, -0.1) is 11.3 Å². The number of nitrogens with two attached hydrogens (primary N) is 1. The minimum Gasteiger partial charge on any atom is -0.476 e. The molecular weight excluding hydrogens is 140 g/mol. The Morgan fingerprint density at radius 2 is 2.56 bits per heavy atom. The zero-order chi connectivity index (χ0) is 6.85. The Labute approximate surface area is 55.0 Å². The van der Waals surface area contributed by atoms with Crippen LogP contribution < -0.4 is 5.73 Å². The fourth-order valence-electron chi connectivity index (χ4n) is 0.384. The molecule has 0 aliphatic carbocycles. The quantitative estimate of drug-likeness (QED) is 0.599. The summed E-state index contributed by atoms with van der Waals surface area (Å²) in [5.41, 5.74) is 5.15. The smallest absolute Gasteiger partial charge is 0.365 e. The van der Waals surface area contributed by atoms with E-state index in [0.29, 0.717) is 0 Å². The molecule has 5 heteroatoms. The fourth-order valence-corrected chi connectivity index (χ4v) is 0.928. The molecule has 0 atom stereocenters. The average Bonchev–Trinajstić information content (AvgIpc) is 2.14. The van der Waals surface area contributed by atoms with Crippen LogP contribution in [0.3, 0.4) is 0 Å². The van der Waals surface area contributed by atoms with Crippen molar-refractivity contribution in [3.05, 3.63) is 10.4 Å². The Kier molecular flexibility index (Phi) is 1.35. The molecule has 0 radical (unpaired) electrons. The van der Waals surface area contributed by atoms with Gasteiger partial charge in [-0.1, -0.05) is 0 Å². The van der Waals surface area contributed by atoms with E-state index in [9.17, 15) is 4.79 Å². The van der Waals surface area contributed by atoms with Gasteiger partial charge in [0.15, 0.2) is 0 Å². The van der Waals surface area contributed by atoms with Crippen molar-refractivity contribution in [1.29, 1.82) is 0 Å². The number of nitrogens with zero attached hydrogens (tertiary/aromatic N) is 1. The van der Waals surface area contributed by atoms with E-state index in [1.54, 1.807) is 0 Å². The van der Waals surface area contributed by atoms with Crippen LogP contribution in [-0.2, 0) is 0 Å². The van der Waals surface area contributed by atoms with Crippen molar-refractivity contribution in [1.82, 2.24) is 4.98 Å². The molecule has 48 valence electrons. The molecule has 0 bridgehead atoms. The Morgan fingerprint density at radius 1 is 1.89 bits per heavy atom. The van der Waals surface area contributed by atoms with Gasteiger partial charge in [-0.25, -0.2) is 9.78 Å². The number of carbonyl (C=O) groups is 1. The maximum absolute atomic E-state index is 10.1. The topological polar surface area (TPSA) is 76.2 Å². The molecule has 0 amide bonds. The third-order valence-electron chi connectivity index (χ3n) is 0.705. The first kappa shape index (κ1) is 6.03. The van der Waals surface area contributed by atoms with Gasteiger partial charge in [-0.3, -0.25) is 0 Å². The molecule has 3 N–H and O–H groups in total. The Bertz CT molecular complexity index is 232. The van der Waals surface area contributed by atoms with Crippen LogP contribution >= 0.6 is 11.3 Å². The molecular formula is C4H4N2O2S. The lowest BCUT2D eigenvalue weighted by Gasteiger charge is -1.79. The van der Waals surface area contributed by atoms with Crippen molar-refractivity contribution in [2.75, 3.05) is 5.73 Å². The lowest BCUT2D eigenvalue weighted by atomic mass is 10.7. The number of hydrogen-bond donors (Lipinski definition) is 2. The number of aromatic carboxylic acids is 1. The first-order chi connectivity index (χ1) is 4.20. The van der Waals surface area contributed by atoms with Crippen LogP contribution in [0.5, 0.6) is 0 Å². The van der Waals surface area contributed by atoms with Gasteiger partial charge in [0.25, 0.3) is 0 Å². The Hall–Kier alpha value is -1.10. The van der Waals surface area contributed by atoms with Gasteiger partial charge in [0.2, 0.25) is 5.01 Å². The average molecular weight is 144 g/mol. The number of aromatic nitrogens is 1. The summed E-state index contributed by atoms with van der Waals surface area (Å²) in [5, 5.41) is 9.81. The number of carboxylic acid groups (broad SMARTS) is 1. The lowest BCUT2D eigenvalue weighted by Crippen LogP contribution is -1.95. The zero-order valence-corrected chi connectivity index (χ0v) is 5.18. The van der Waals surface area contributed by atoms with Gasteiger partial charge >= 0.3 is 5.97 Å². The fraction of sp³-hybridized carbons (Fsp3) is 0. The number of nitrogen functional groups attached to an aromatic ring is 1. The van der Waals surface area contributed by atoms with Gasteiger partial charge in [0, 0.05) is 5.38 Å². The first-order valence-electron chi connectivity index (χ1n) is 2.14. The van der Waals surface area contributed by atoms with E-state index in [1.165, 1.54) is 5.38 Å². The van der Waals surface area contributed by atoms with Gasteiger partial charge in [-0.2, -0.15) is 0 Å². The maximum atomic E-state index is 10.1. The molecule has 1 rings (SSSR count). The summed E-state index contributed by atoms with van der Waals surface area (Å²) in [6.07, 6.45) is 0. The predicted octanol–water partition coefficient (Wildman–Crippen LogP) is 0.424. The third kappa shape index (κ3) is 1.17. The van der Waals surface area contributed by atoms with Crippen molar-refractivity contribution < 1.29 is 9.90 Å². The van der Waals surface area contributed by atoms with Crippen molar-refractivity contribution >= 4 is 23.1 Å². The molecule has 0 spiro atoms. The molecule has 1 aromatic heterocycles. The summed E-state index contributed by atoms with van der Waals surface area (Å²) >= 11 is 1.02. The van der Waals surface area contributed by atoms with E-state index in [0.717, 1.165) is 11.3 Å². The molecule has 0 aliphatic heterocycles. The van der Waals surface area contributed by atoms with Crippen LogP contribution in [0, 0.1) is 0 Å². The monoisotopic (exact) mass is 144 g/mol. The van der Waals surface area contributed by atoms with Crippen molar-refractivity contribution in [3.8, 4) is 0 Å². The highest BCUT2D eigenvalue weighted by atomic mass is 32.1. The Morgan fingerprint density at radius 3 is 2.78 bits per heavy atom. The molecule has 0 fully saturated rings. The second-order valence-electron chi connectivity index (χ2n) is 1.38. The summed E-state index contributed by atoms with van der Waals surface area (Å²) in [4.78, 5) is 13.6. The largest absolute Gasteiger partial charge is 0.476 e. The third-order valence-corrected chi connectivity index (χ3v) is 1.55. The second kappa shape index (κ2) is 2.02. The lowest BCUT2D eigenvalue weighted by molar-refractivity contribution is 0.0696. The number of rotatable bonds is 1. The van der Waals surface area contributed by atoms with E-state index in [2.05, 4.69) is 4.98 Å². The van der Waals surface area contributed by atoms with E-state index in [4.69, 9.17) is 10.8 Å². The number of hydrogen-bond acceptors (Lipinski definition) is 4. The number of thiazole rings is 1. The molecule has 0 aliphatic rings. The van der Waals surface area contributed by atoms with Crippen LogP contribution in [-0.4, -0.2) is 16.1 Å². The number of anilines is 1. The highest BCUT2D eigenvalue weighted by Gasteiger charge is 2.05. The molecule has 0 unspecified atom stereocenters. The van der Waals surface area contributed by atoms with Crippen LogP contribution in [0.1, 0.15) is 9.80 Å². The van der Waals surface area contributed by atoms with Crippen molar-refractivity contribution in [3.63, 3.8) is 0 Å². The van der Waals surface area contributed by atoms with Crippen LogP contribution in [0.2, 0.25) is 0 Å². The first-order valence-corrected chi connectivity index (χ1v) is 3.02. The van der Waals surface area contributed by atoms with Gasteiger partial charge < -0.3 is 10.8 Å². The second-order valence-corrected chi connectivity index (χ2v) is 2.24. The SMILES string of the molecule is Nc1csc(C(=O)O)n1. The van der Waals surface area contributed by atoms with E-state index in [1.807, 2.05) is 0 Å². The molecule has 0 saturated heterocycles. The summed E-state index contributed by atoms with van der Waals surface area (Å²) < 4.78 is 0. The molecule has 0 saturated carbocycles. The van der Waals surface area contributed by atoms with Gasteiger partial charge in [-0.05, 0) is 0 Å². The van der Waals surface area contributed by atoms with E-state index < -0.39 is 5.97 Å². The van der Waals surface area contributed by atoms with E-state index >= 15 is 0 Å². The maximum Gasteiger partial charge on any atom is 0.365 e. The predicted molar refractivity (Wildman–Crippen MR) is 33.5 cm³/mol. The van der Waals surface area contributed by atoms with Crippen molar-refractivity contribution in [2.24, 2.45) is 0 Å². The molecule has 0 aromatic carbocycles. The van der Waals surface area contributed by atoms with Crippen LogP contribution in [0.15, 0.2) is 5.38 Å². The normalized spacial score (nSPS) is 9.33. The van der Waals surface area contributed by atoms with Gasteiger partial charge in [0.1, 0.15) is 5.82 Å². The number of carboxylic acids is 1. The van der Waals surface area contributed by atoms with Crippen LogP contribution in [0.25, 0.3) is 0 Å². The summed E-state index contributed by atoms with van der Waals surface area (Å²) in [5.74, 6) is -0.769. The summed E-state index contributed by atoms with van der Waals surface area (Å²) in [6, 6.07) is 0. The molecule has 4 nitrogen and oxygen atoms in total. The van der Waals surface area contributed by atoms with Gasteiger partial charge in [0.05, 0.1) is 0 Å². The highest BCUT2D eigenvalue weighted by Crippen LogP contribution is 2.09. The highest BCUT2D eigenvalue weighted by molar-refractivity contribution is 7.11. The summed E-state index contributed by atoms with van der Waals surface area (Å²) in [6.45, 7) is 0. The van der Waals surface area contributed by atoms with Crippen LogP contribution in [0.4, 0.5) is 5.82 Å². The summed E-state index contributed by atoms with van der Waals surface area (Å²) in [7, 11) is 0. The van der Waals surface area contributed by atoms with Crippen molar-refractivity contribution in [2.45, 2.75) is 0 Å². The minimum absolute atomic E-state index is 0.0347. The Balaban J connectivity index is 2.98. The van der Waals surface area contributed by atoms with E-state index in [-0.39, 0.29) is 10.8 Å². The molecule has 9 heavy (non-hydrogen) atoms. The zero-order valence-electron chi connectivity index (χ0n) is 4.37. The molecule has 1 aromatic rings. The molecule has 1 heterocycles.